The average Bonchev–Trinajstić information content (AvgIpc) is 2.68. The number of methoxy groups -OCH3 is 1. The highest BCUT2D eigenvalue weighted by Crippen LogP contribution is 2.14. The van der Waals surface area contributed by atoms with Gasteiger partial charge in [0, 0.05) is 6.42 Å². The van der Waals surface area contributed by atoms with Gasteiger partial charge in [-0.15, -0.1) is 0 Å². The maximum atomic E-state index is 11.0. The molecule has 160 valence electrons. The molecule has 0 heterocycles. The van der Waals surface area contributed by atoms with Gasteiger partial charge < -0.3 is 4.74 Å². The zero-order valence-corrected chi connectivity index (χ0v) is 18.6. The fourth-order valence-corrected chi connectivity index (χ4v) is 3.63. The Morgan fingerprint density at radius 3 is 1.26 bits per heavy atom. The largest absolute Gasteiger partial charge is 0.469 e. The SMILES string of the molecule is CC=CCCCCCCCCCCCCCCCCCCCCC(=O)OC. The molecule has 0 amide bonds. The summed E-state index contributed by atoms with van der Waals surface area (Å²) in [5.41, 5.74) is 0. The smallest absolute Gasteiger partial charge is 0.305 e. The fraction of sp³-hybridized carbons (Fsp3) is 0.880. The third-order valence-electron chi connectivity index (χ3n) is 5.47. The van der Waals surface area contributed by atoms with Gasteiger partial charge in [-0.3, -0.25) is 4.79 Å². The van der Waals surface area contributed by atoms with E-state index in [9.17, 15) is 4.79 Å². The van der Waals surface area contributed by atoms with Crippen LogP contribution in [-0.4, -0.2) is 13.1 Å². The monoisotopic (exact) mass is 380 g/mol. The van der Waals surface area contributed by atoms with Crippen LogP contribution >= 0.6 is 0 Å². The van der Waals surface area contributed by atoms with Gasteiger partial charge in [-0.05, 0) is 26.2 Å². The second-order valence-electron chi connectivity index (χ2n) is 8.05. The van der Waals surface area contributed by atoms with Crippen molar-refractivity contribution in [2.45, 2.75) is 135 Å². The molecule has 0 aromatic rings. The summed E-state index contributed by atoms with van der Waals surface area (Å²) in [5.74, 6) is -0.0642. The number of hydrogen-bond acceptors (Lipinski definition) is 2. The van der Waals surface area contributed by atoms with Gasteiger partial charge in [0.2, 0.25) is 0 Å². The molecule has 0 aliphatic carbocycles. The molecule has 0 aliphatic heterocycles. The number of rotatable bonds is 21. The summed E-state index contributed by atoms with van der Waals surface area (Å²) in [6.07, 6.45) is 31.0. The third-order valence-corrected chi connectivity index (χ3v) is 5.47. The number of carbonyl (C=O) groups is 1. The molecule has 2 heteroatoms. The fourth-order valence-electron chi connectivity index (χ4n) is 3.63. The Morgan fingerprint density at radius 1 is 0.593 bits per heavy atom. The van der Waals surface area contributed by atoms with Crippen molar-refractivity contribution < 1.29 is 9.53 Å². The molecule has 0 rings (SSSR count). The molecule has 0 saturated heterocycles. The molecular weight excluding hydrogens is 332 g/mol. The summed E-state index contributed by atoms with van der Waals surface area (Å²) >= 11 is 0. The van der Waals surface area contributed by atoms with Crippen molar-refractivity contribution in [1.29, 1.82) is 0 Å². The number of ether oxygens (including phenoxy) is 1. The topological polar surface area (TPSA) is 26.3 Å². The number of hydrogen-bond donors (Lipinski definition) is 0. The summed E-state index contributed by atoms with van der Waals surface area (Å²) in [4.78, 5) is 11.0. The van der Waals surface area contributed by atoms with Gasteiger partial charge in [0.25, 0.3) is 0 Å². The lowest BCUT2D eigenvalue weighted by molar-refractivity contribution is -0.140. The molecule has 0 atom stereocenters. The van der Waals surface area contributed by atoms with Crippen LogP contribution in [-0.2, 0) is 9.53 Å². The molecule has 2 nitrogen and oxygen atoms in total. The van der Waals surface area contributed by atoms with Gasteiger partial charge in [-0.1, -0.05) is 115 Å². The van der Waals surface area contributed by atoms with Crippen LogP contribution in [0.25, 0.3) is 0 Å². The lowest BCUT2D eigenvalue weighted by atomic mass is 10.0. The van der Waals surface area contributed by atoms with Crippen LogP contribution in [0.1, 0.15) is 135 Å². The van der Waals surface area contributed by atoms with Gasteiger partial charge in [0.1, 0.15) is 0 Å². The van der Waals surface area contributed by atoms with Crippen LogP contribution in [0, 0.1) is 0 Å². The molecule has 0 saturated carbocycles. The van der Waals surface area contributed by atoms with Crippen LogP contribution < -0.4 is 0 Å². The number of allylic oxidation sites excluding steroid dienone is 2. The molecule has 0 unspecified atom stereocenters. The van der Waals surface area contributed by atoms with Crippen molar-refractivity contribution in [3.8, 4) is 0 Å². The molecule has 0 bridgehead atoms. The van der Waals surface area contributed by atoms with E-state index in [0.29, 0.717) is 6.42 Å². The normalized spacial score (nSPS) is 11.3. The minimum absolute atomic E-state index is 0.0642. The van der Waals surface area contributed by atoms with Gasteiger partial charge in [-0.2, -0.15) is 0 Å². The molecule has 0 spiro atoms. The maximum Gasteiger partial charge on any atom is 0.305 e. The van der Waals surface area contributed by atoms with Gasteiger partial charge in [0.05, 0.1) is 7.11 Å². The highest BCUT2D eigenvalue weighted by atomic mass is 16.5. The first kappa shape index (κ1) is 26.2. The molecule has 27 heavy (non-hydrogen) atoms. The summed E-state index contributed by atoms with van der Waals surface area (Å²) in [7, 11) is 1.47. The van der Waals surface area contributed by atoms with E-state index in [2.05, 4.69) is 23.8 Å². The Hall–Kier alpha value is -0.790. The Balaban J connectivity index is 3.02. The lowest BCUT2D eigenvalue weighted by Crippen LogP contribution is -1.99. The summed E-state index contributed by atoms with van der Waals surface area (Å²) < 4.78 is 4.65. The Kier molecular flexibility index (Phi) is 22.6. The van der Waals surface area contributed by atoms with Crippen LogP contribution in [0.3, 0.4) is 0 Å². The molecular formula is C25H48O2. The van der Waals surface area contributed by atoms with E-state index in [1.54, 1.807) is 0 Å². The van der Waals surface area contributed by atoms with E-state index in [-0.39, 0.29) is 5.97 Å². The van der Waals surface area contributed by atoms with Crippen LogP contribution in [0.15, 0.2) is 12.2 Å². The Labute approximate surface area is 170 Å². The van der Waals surface area contributed by atoms with E-state index in [4.69, 9.17) is 0 Å². The Bertz CT molecular complexity index is 322. The third kappa shape index (κ3) is 23.2. The molecule has 0 aliphatic rings. The lowest BCUT2D eigenvalue weighted by Gasteiger charge is -2.04. The maximum absolute atomic E-state index is 11.0. The van der Waals surface area contributed by atoms with Crippen LogP contribution in [0.2, 0.25) is 0 Å². The zero-order valence-electron chi connectivity index (χ0n) is 18.6. The Morgan fingerprint density at radius 2 is 0.926 bits per heavy atom. The van der Waals surface area contributed by atoms with Crippen molar-refractivity contribution >= 4 is 5.97 Å². The zero-order chi connectivity index (χ0) is 19.8. The second kappa shape index (κ2) is 23.2. The molecule has 0 N–H and O–H groups in total. The van der Waals surface area contributed by atoms with Crippen LogP contribution in [0.4, 0.5) is 0 Å². The highest BCUT2D eigenvalue weighted by molar-refractivity contribution is 5.68. The van der Waals surface area contributed by atoms with Crippen molar-refractivity contribution in [2.75, 3.05) is 7.11 Å². The second-order valence-corrected chi connectivity index (χ2v) is 8.05. The predicted molar refractivity (Wildman–Crippen MR) is 119 cm³/mol. The number of esters is 1. The van der Waals surface area contributed by atoms with Crippen molar-refractivity contribution in [2.24, 2.45) is 0 Å². The first-order chi connectivity index (χ1) is 13.3. The number of carbonyl (C=O) groups excluding carboxylic acids is 1. The highest BCUT2D eigenvalue weighted by Gasteiger charge is 1.99. The molecule has 0 fully saturated rings. The quantitative estimate of drug-likeness (QED) is 0.113. The first-order valence-corrected chi connectivity index (χ1v) is 12.0. The van der Waals surface area contributed by atoms with E-state index in [1.165, 1.54) is 123 Å². The van der Waals surface area contributed by atoms with Gasteiger partial charge in [0.15, 0.2) is 0 Å². The molecule has 0 aromatic carbocycles. The van der Waals surface area contributed by atoms with Crippen molar-refractivity contribution in [1.82, 2.24) is 0 Å². The minimum atomic E-state index is -0.0642. The van der Waals surface area contributed by atoms with Crippen molar-refractivity contribution in [3.05, 3.63) is 12.2 Å². The summed E-state index contributed by atoms with van der Waals surface area (Å²) in [5, 5.41) is 0. The van der Waals surface area contributed by atoms with E-state index >= 15 is 0 Å². The average molecular weight is 381 g/mol. The molecule has 0 radical (unpaired) electrons. The standard InChI is InChI=1S/C25H48O2/c1-3-4-5-6-7-8-9-10-11-12-13-14-15-16-17-18-19-20-21-22-23-24-25(26)27-2/h3-4H,5-24H2,1-2H3. The van der Waals surface area contributed by atoms with E-state index in [0.717, 1.165) is 6.42 Å². The predicted octanol–water partition coefficient (Wildman–Crippen LogP) is 8.54. The van der Waals surface area contributed by atoms with Crippen LogP contribution in [0.5, 0.6) is 0 Å². The van der Waals surface area contributed by atoms with Gasteiger partial charge >= 0.3 is 5.97 Å². The summed E-state index contributed by atoms with van der Waals surface area (Å²) in [6, 6.07) is 0. The number of unbranched alkanes of at least 4 members (excludes halogenated alkanes) is 18. The van der Waals surface area contributed by atoms with E-state index < -0.39 is 0 Å². The van der Waals surface area contributed by atoms with Crippen molar-refractivity contribution in [3.63, 3.8) is 0 Å². The van der Waals surface area contributed by atoms with E-state index in [1.807, 2.05) is 0 Å². The molecule has 0 aromatic heterocycles. The van der Waals surface area contributed by atoms with Gasteiger partial charge in [-0.25, -0.2) is 0 Å². The minimum Gasteiger partial charge on any atom is -0.469 e. The first-order valence-electron chi connectivity index (χ1n) is 12.0. The summed E-state index contributed by atoms with van der Waals surface area (Å²) in [6.45, 7) is 2.11.